The molecule has 1 aromatic rings. The highest BCUT2D eigenvalue weighted by molar-refractivity contribution is 5.43. The van der Waals surface area contributed by atoms with Crippen LogP contribution in [0.3, 0.4) is 0 Å². The number of nitrogen functional groups attached to an aromatic ring is 1. The molecule has 0 unspecified atom stereocenters. The number of pyridine rings is 1. The first kappa shape index (κ1) is 11.9. The van der Waals surface area contributed by atoms with Crippen molar-refractivity contribution >= 4 is 5.82 Å². The van der Waals surface area contributed by atoms with E-state index in [0.29, 0.717) is 44.7 Å². The summed E-state index contributed by atoms with van der Waals surface area (Å²) in [5, 5.41) is 10.7. The molecule has 1 spiro atoms. The van der Waals surface area contributed by atoms with Crippen molar-refractivity contribution in [3.8, 4) is 0 Å². The fourth-order valence-corrected chi connectivity index (χ4v) is 2.91. The van der Waals surface area contributed by atoms with E-state index in [4.69, 9.17) is 15.2 Å². The van der Waals surface area contributed by atoms with Gasteiger partial charge in [0.15, 0.2) is 5.79 Å². The Morgan fingerprint density at radius 1 is 1.17 bits per heavy atom. The van der Waals surface area contributed by atoms with Crippen molar-refractivity contribution in [2.75, 3.05) is 18.9 Å². The molecule has 1 saturated heterocycles. The summed E-state index contributed by atoms with van der Waals surface area (Å²) >= 11 is 0. The molecule has 2 heterocycles. The van der Waals surface area contributed by atoms with Crippen LogP contribution in [-0.4, -0.2) is 29.1 Å². The lowest BCUT2D eigenvalue weighted by Crippen LogP contribution is -2.42. The van der Waals surface area contributed by atoms with Gasteiger partial charge < -0.3 is 20.3 Å². The Morgan fingerprint density at radius 2 is 1.83 bits per heavy atom. The lowest BCUT2D eigenvalue weighted by Gasteiger charge is -2.40. The van der Waals surface area contributed by atoms with Crippen LogP contribution in [0.2, 0.25) is 0 Å². The summed E-state index contributed by atoms with van der Waals surface area (Å²) in [4.78, 5) is 4.04. The summed E-state index contributed by atoms with van der Waals surface area (Å²) in [5.74, 6) is -0.0624. The lowest BCUT2D eigenvalue weighted by atomic mass is 9.77. The van der Waals surface area contributed by atoms with Gasteiger partial charge >= 0.3 is 0 Å². The Morgan fingerprint density at radius 3 is 2.44 bits per heavy atom. The Kier molecular flexibility index (Phi) is 2.77. The normalized spacial score (nSPS) is 25.4. The van der Waals surface area contributed by atoms with E-state index in [0.717, 1.165) is 5.56 Å². The zero-order valence-corrected chi connectivity index (χ0v) is 10.3. The fourth-order valence-electron chi connectivity index (χ4n) is 2.91. The average Bonchev–Trinajstić information content (AvgIpc) is 2.83. The molecule has 18 heavy (non-hydrogen) atoms. The molecule has 2 aliphatic rings. The zero-order chi connectivity index (χ0) is 12.6. The third kappa shape index (κ3) is 1.88. The topological polar surface area (TPSA) is 77.6 Å². The summed E-state index contributed by atoms with van der Waals surface area (Å²) in [6, 6.07) is 3.65. The van der Waals surface area contributed by atoms with E-state index in [9.17, 15) is 5.11 Å². The number of aliphatic hydroxyl groups is 1. The van der Waals surface area contributed by atoms with E-state index < -0.39 is 11.4 Å². The van der Waals surface area contributed by atoms with Gasteiger partial charge in [0, 0.05) is 24.6 Å². The van der Waals surface area contributed by atoms with Crippen LogP contribution in [0.25, 0.3) is 0 Å². The molecule has 0 bridgehead atoms. The third-order valence-electron chi connectivity index (χ3n) is 3.99. The van der Waals surface area contributed by atoms with Gasteiger partial charge in [-0.15, -0.1) is 0 Å². The second kappa shape index (κ2) is 4.19. The zero-order valence-electron chi connectivity index (χ0n) is 10.3. The van der Waals surface area contributed by atoms with Crippen molar-refractivity contribution in [1.82, 2.24) is 4.98 Å². The maximum Gasteiger partial charge on any atom is 0.168 e. The molecule has 1 aromatic heterocycles. The van der Waals surface area contributed by atoms with Crippen LogP contribution >= 0.6 is 0 Å². The molecule has 0 amide bonds. The molecular weight excluding hydrogens is 232 g/mol. The van der Waals surface area contributed by atoms with Crippen LogP contribution in [0.1, 0.15) is 31.2 Å². The molecule has 3 rings (SSSR count). The first-order valence-corrected chi connectivity index (χ1v) is 6.35. The average molecular weight is 250 g/mol. The first-order chi connectivity index (χ1) is 8.64. The number of hydrogen-bond donors (Lipinski definition) is 2. The van der Waals surface area contributed by atoms with Gasteiger partial charge in [-0.3, -0.25) is 0 Å². The van der Waals surface area contributed by atoms with Crippen molar-refractivity contribution < 1.29 is 14.6 Å². The minimum absolute atomic E-state index is 0.407. The van der Waals surface area contributed by atoms with Crippen LogP contribution < -0.4 is 5.73 Å². The molecule has 1 aliphatic heterocycles. The molecule has 0 aromatic carbocycles. The number of nitrogens with zero attached hydrogens (tertiary/aromatic N) is 1. The first-order valence-electron chi connectivity index (χ1n) is 6.35. The number of hydrogen-bond acceptors (Lipinski definition) is 5. The Bertz CT molecular complexity index is 434. The maximum absolute atomic E-state index is 10.7. The molecule has 5 nitrogen and oxygen atoms in total. The van der Waals surface area contributed by atoms with Gasteiger partial charge in [0.25, 0.3) is 0 Å². The number of ether oxygens (including phenoxy) is 2. The van der Waals surface area contributed by atoms with E-state index in [-0.39, 0.29) is 0 Å². The fraction of sp³-hybridized carbons (Fsp3) is 0.615. The molecule has 3 N–H and O–H groups in total. The van der Waals surface area contributed by atoms with E-state index in [1.165, 1.54) is 0 Å². The number of aromatic nitrogens is 1. The van der Waals surface area contributed by atoms with Gasteiger partial charge in [-0.05, 0) is 18.9 Å². The van der Waals surface area contributed by atoms with Crippen LogP contribution in [0.4, 0.5) is 5.82 Å². The van der Waals surface area contributed by atoms with E-state index >= 15 is 0 Å². The van der Waals surface area contributed by atoms with Gasteiger partial charge in [0.2, 0.25) is 0 Å². The summed E-state index contributed by atoms with van der Waals surface area (Å²) in [6.45, 7) is 1.29. The SMILES string of the molecule is Nc1ncccc1C1(O)CCC2(CC1)OCCO2. The summed E-state index contributed by atoms with van der Waals surface area (Å²) in [6.07, 6.45) is 4.19. The van der Waals surface area contributed by atoms with Gasteiger partial charge in [0.1, 0.15) is 5.82 Å². The standard InChI is InChI=1S/C13H18N2O3/c14-11-10(2-1-7-15-11)12(16)3-5-13(6-4-12)17-8-9-18-13/h1-2,7,16H,3-6,8-9H2,(H2,14,15). The van der Waals surface area contributed by atoms with Gasteiger partial charge in [-0.1, -0.05) is 6.07 Å². The Labute approximate surface area is 106 Å². The molecular formula is C13H18N2O3. The molecule has 0 atom stereocenters. The van der Waals surface area contributed by atoms with Crippen molar-refractivity contribution in [3.05, 3.63) is 23.9 Å². The highest BCUT2D eigenvalue weighted by Crippen LogP contribution is 2.45. The van der Waals surface area contributed by atoms with Gasteiger partial charge in [-0.2, -0.15) is 0 Å². The summed E-state index contributed by atoms with van der Waals surface area (Å²) < 4.78 is 11.3. The quantitative estimate of drug-likeness (QED) is 0.782. The largest absolute Gasteiger partial charge is 0.385 e. The second-order valence-corrected chi connectivity index (χ2v) is 5.08. The van der Waals surface area contributed by atoms with Crippen molar-refractivity contribution in [2.24, 2.45) is 0 Å². The number of anilines is 1. The number of rotatable bonds is 1. The monoisotopic (exact) mass is 250 g/mol. The summed E-state index contributed by atoms with van der Waals surface area (Å²) in [7, 11) is 0. The molecule has 1 aliphatic carbocycles. The highest BCUT2D eigenvalue weighted by Gasteiger charge is 2.46. The highest BCUT2D eigenvalue weighted by atomic mass is 16.7. The number of nitrogens with two attached hydrogens (primary N) is 1. The lowest BCUT2D eigenvalue weighted by molar-refractivity contribution is -0.204. The van der Waals surface area contributed by atoms with Crippen LogP contribution in [0.15, 0.2) is 18.3 Å². The molecule has 2 fully saturated rings. The Balaban J connectivity index is 1.80. The molecule has 98 valence electrons. The maximum atomic E-state index is 10.7. The van der Waals surface area contributed by atoms with Crippen LogP contribution in [-0.2, 0) is 15.1 Å². The van der Waals surface area contributed by atoms with Crippen molar-refractivity contribution in [3.63, 3.8) is 0 Å². The molecule has 1 saturated carbocycles. The predicted octanol–water partition coefficient (Wildman–Crippen LogP) is 1.17. The van der Waals surface area contributed by atoms with Gasteiger partial charge in [-0.25, -0.2) is 4.98 Å². The molecule has 5 heteroatoms. The third-order valence-corrected chi connectivity index (χ3v) is 3.99. The predicted molar refractivity (Wildman–Crippen MR) is 65.6 cm³/mol. The minimum Gasteiger partial charge on any atom is -0.385 e. The van der Waals surface area contributed by atoms with Crippen molar-refractivity contribution in [2.45, 2.75) is 37.1 Å². The Hall–Kier alpha value is -1.17. The van der Waals surface area contributed by atoms with E-state index in [1.807, 2.05) is 6.07 Å². The van der Waals surface area contributed by atoms with Gasteiger partial charge in [0.05, 0.1) is 18.8 Å². The molecule has 0 radical (unpaired) electrons. The second-order valence-electron chi connectivity index (χ2n) is 5.08. The van der Waals surface area contributed by atoms with E-state index in [2.05, 4.69) is 4.98 Å². The van der Waals surface area contributed by atoms with Crippen LogP contribution in [0.5, 0.6) is 0 Å². The van der Waals surface area contributed by atoms with E-state index in [1.54, 1.807) is 12.3 Å². The van der Waals surface area contributed by atoms with Crippen LogP contribution in [0, 0.1) is 0 Å². The minimum atomic E-state index is -0.904. The smallest absolute Gasteiger partial charge is 0.168 e. The summed E-state index contributed by atoms with van der Waals surface area (Å²) in [5.41, 5.74) is 5.66. The van der Waals surface area contributed by atoms with Crippen molar-refractivity contribution in [1.29, 1.82) is 0 Å².